The largest absolute Gasteiger partial charge is 0.497 e. The first kappa shape index (κ1) is 13.3. The van der Waals surface area contributed by atoms with Gasteiger partial charge in [-0.3, -0.25) is 0 Å². The highest BCUT2D eigenvalue weighted by Gasteiger charge is 2.10. The second kappa shape index (κ2) is 5.36. The zero-order chi connectivity index (χ0) is 14.8. The van der Waals surface area contributed by atoms with Gasteiger partial charge in [0.05, 0.1) is 19.0 Å². The van der Waals surface area contributed by atoms with Crippen LogP contribution >= 0.6 is 0 Å². The molecule has 0 fully saturated rings. The molecule has 0 aliphatic carbocycles. The quantitative estimate of drug-likeness (QED) is 0.789. The molecule has 0 saturated heterocycles. The van der Waals surface area contributed by atoms with E-state index in [2.05, 4.69) is 9.97 Å². The fourth-order valence-electron chi connectivity index (χ4n) is 2.05. The van der Waals surface area contributed by atoms with Crippen molar-refractivity contribution in [2.45, 2.75) is 0 Å². The van der Waals surface area contributed by atoms with E-state index in [1.54, 1.807) is 30.5 Å². The summed E-state index contributed by atoms with van der Waals surface area (Å²) in [7, 11) is 1.48. The van der Waals surface area contributed by atoms with Crippen molar-refractivity contribution in [3.63, 3.8) is 0 Å². The van der Waals surface area contributed by atoms with Crippen molar-refractivity contribution in [2.24, 2.45) is 0 Å². The van der Waals surface area contributed by atoms with Crippen molar-refractivity contribution in [3.05, 3.63) is 60.3 Å². The van der Waals surface area contributed by atoms with E-state index in [0.717, 1.165) is 5.56 Å². The summed E-state index contributed by atoms with van der Waals surface area (Å²) in [6, 6.07) is 10.5. The maximum atomic E-state index is 14.0. The van der Waals surface area contributed by atoms with Gasteiger partial charge in [0.15, 0.2) is 0 Å². The number of halogens is 2. The van der Waals surface area contributed by atoms with Gasteiger partial charge in [0.2, 0.25) is 0 Å². The molecule has 1 N–H and O–H groups in total. The summed E-state index contributed by atoms with van der Waals surface area (Å²) >= 11 is 0. The molecular formula is C16H12F2N2O. The topological polar surface area (TPSA) is 37.9 Å². The van der Waals surface area contributed by atoms with E-state index in [4.69, 9.17) is 4.74 Å². The molecule has 0 saturated carbocycles. The predicted octanol–water partition coefficient (Wildman–Crippen LogP) is 4.03. The minimum absolute atomic E-state index is 0.313. The lowest BCUT2D eigenvalue weighted by atomic mass is 10.1. The number of methoxy groups -OCH3 is 1. The van der Waals surface area contributed by atoms with Gasteiger partial charge >= 0.3 is 0 Å². The molecule has 106 valence electrons. The lowest BCUT2D eigenvalue weighted by molar-refractivity contribution is 0.411. The normalized spacial score (nSPS) is 10.6. The first-order chi connectivity index (χ1) is 10.2. The van der Waals surface area contributed by atoms with Gasteiger partial charge in [-0.1, -0.05) is 0 Å². The van der Waals surface area contributed by atoms with Crippen LogP contribution in [0.5, 0.6) is 5.75 Å². The lowest BCUT2D eigenvalue weighted by Crippen LogP contribution is -1.88. The molecule has 0 unspecified atom stereocenters. The van der Waals surface area contributed by atoms with Crippen LogP contribution in [-0.2, 0) is 0 Å². The second-order valence-electron chi connectivity index (χ2n) is 4.50. The number of aromatic amines is 1. The van der Waals surface area contributed by atoms with Gasteiger partial charge in [0.1, 0.15) is 23.2 Å². The first-order valence-corrected chi connectivity index (χ1v) is 6.32. The number of ether oxygens (including phenoxy) is 1. The average Bonchev–Trinajstić information content (AvgIpc) is 2.97. The Bertz CT molecular complexity index is 766. The van der Waals surface area contributed by atoms with E-state index in [0.29, 0.717) is 22.8 Å². The van der Waals surface area contributed by atoms with Crippen molar-refractivity contribution >= 4 is 0 Å². The van der Waals surface area contributed by atoms with Crippen molar-refractivity contribution in [2.75, 3.05) is 7.11 Å². The summed E-state index contributed by atoms with van der Waals surface area (Å²) < 4.78 is 31.9. The molecule has 3 rings (SSSR count). The number of imidazole rings is 1. The molecule has 3 nitrogen and oxygen atoms in total. The Balaban J connectivity index is 1.96. The lowest BCUT2D eigenvalue weighted by Gasteiger charge is -2.03. The van der Waals surface area contributed by atoms with Gasteiger partial charge in [-0.25, -0.2) is 13.8 Å². The van der Waals surface area contributed by atoms with Crippen LogP contribution in [0.3, 0.4) is 0 Å². The molecule has 0 amide bonds. The van der Waals surface area contributed by atoms with Crippen LogP contribution in [0.15, 0.2) is 48.7 Å². The van der Waals surface area contributed by atoms with Crippen LogP contribution in [0.1, 0.15) is 0 Å². The molecule has 5 heteroatoms. The highest BCUT2D eigenvalue weighted by Crippen LogP contribution is 2.27. The van der Waals surface area contributed by atoms with Gasteiger partial charge in [0, 0.05) is 17.2 Å². The van der Waals surface area contributed by atoms with E-state index in [1.807, 2.05) is 0 Å². The third kappa shape index (κ3) is 2.63. The fourth-order valence-corrected chi connectivity index (χ4v) is 2.05. The van der Waals surface area contributed by atoms with Gasteiger partial charge in [-0.15, -0.1) is 0 Å². The van der Waals surface area contributed by atoms with Crippen LogP contribution in [-0.4, -0.2) is 17.1 Å². The molecule has 0 aliphatic heterocycles. The molecule has 3 aromatic rings. The Morgan fingerprint density at radius 3 is 2.48 bits per heavy atom. The summed E-state index contributed by atoms with van der Waals surface area (Å²) in [6.07, 6.45) is 1.55. The summed E-state index contributed by atoms with van der Waals surface area (Å²) in [5, 5.41) is 0. The maximum Gasteiger partial charge on any atom is 0.137 e. The fraction of sp³-hybridized carbons (Fsp3) is 0.0625. The third-order valence-electron chi connectivity index (χ3n) is 3.16. The highest BCUT2D eigenvalue weighted by atomic mass is 19.1. The second-order valence-corrected chi connectivity index (χ2v) is 4.50. The van der Waals surface area contributed by atoms with Gasteiger partial charge in [-0.2, -0.15) is 0 Å². The first-order valence-electron chi connectivity index (χ1n) is 6.32. The molecule has 0 atom stereocenters. The number of nitrogens with one attached hydrogen (secondary N) is 1. The Kier molecular flexibility index (Phi) is 3.39. The van der Waals surface area contributed by atoms with Crippen LogP contribution < -0.4 is 4.74 Å². The minimum atomic E-state index is -0.399. The number of hydrogen-bond donors (Lipinski definition) is 1. The van der Waals surface area contributed by atoms with Crippen molar-refractivity contribution in [1.29, 1.82) is 0 Å². The van der Waals surface area contributed by atoms with E-state index >= 15 is 0 Å². The van der Waals surface area contributed by atoms with E-state index in [1.165, 1.54) is 25.3 Å². The minimum Gasteiger partial charge on any atom is -0.497 e. The SMILES string of the molecule is COc1ccc(-c2cnc(-c3ccc(F)cc3)[nH]2)c(F)c1. The van der Waals surface area contributed by atoms with Crippen LogP contribution in [0.4, 0.5) is 8.78 Å². The molecule has 1 aromatic heterocycles. The molecule has 0 aliphatic rings. The number of nitrogens with zero attached hydrogens (tertiary/aromatic N) is 1. The van der Waals surface area contributed by atoms with Crippen molar-refractivity contribution in [3.8, 4) is 28.4 Å². The standard InChI is InChI=1S/C16H12F2N2O/c1-21-12-6-7-13(14(18)8-12)15-9-19-16(20-15)10-2-4-11(17)5-3-10/h2-9H,1H3,(H,19,20). The van der Waals surface area contributed by atoms with Gasteiger partial charge in [-0.05, 0) is 36.4 Å². The molecule has 21 heavy (non-hydrogen) atoms. The molecule has 0 spiro atoms. The summed E-state index contributed by atoms with van der Waals surface area (Å²) in [4.78, 5) is 7.23. The van der Waals surface area contributed by atoms with E-state index in [9.17, 15) is 8.78 Å². The summed E-state index contributed by atoms with van der Waals surface area (Å²) in [5.41, 5.74) is 1.68. The van der Waals surface area contributed by atoms with Crippen LogP contribution in [0, 0.1) is 11.6 Å². The van der Waals surface area contributed by atoms with Crippen molar-refractivity contribution in [1.82, 2.24) is 9.97 Å². The van der Waals surface area contributed by atoms with E-state index in [-0.39, 0.29) is 5.82 Å². The van der Waals surface area contributed by atoms with Gasteiger partial charge < -0.3 is 9.72 Å². The maximum absolute atomic E-state index is 14.0. The number of benzene rings is 2. The third-order valence-corrected chi connectivity index (χ3v) is 3.16. The molecule has 2 aromatic carbocycles. The van der Waals surface area contributed by atoms with Crippen LogP contribution in [0.25, 0.3) is 22.6 Å². The predicted molar refractivity (Wildman–Crippen MR) is 75.9 cm³/mol. The smallest absolute Gasteiger partial charge is 0.137 e. The van der Waals surface area contributed by atoms with Crippen molar-refractivity contribution < 1.29 is 13.5 Å². The summed E-state index contributed by atoms with van der Waals surface area (Å²) in [6.45, 7) is 0. The number of rotatable bonds is 3. The Morgan fingerprint density at radius 2 is 1.81 bits per heavy atom. The van der Waals surface area contributed by atoms with E-state index < -0.39 is 5.82 Å². The number of hydrogen-bond acceptors (Lipinski definition) is 2. The van der Waals surface area contributed by atoms with Gasteiger partial charge in [0.25, 0.3) is 0 Å². The number of H-pyrrole nitrogens is 1. The molecular weight excluding hydrogens is 274 g/mol. The Hall–Kier alpha value is -2.69. The molecule has 0 radical (unpaired) electrons. The zero-order valence-electron chi connectivity index (χ0n) is 11.2. The molecule has 1 heterocycles. The van der Waals surface area contributed by atoms with Crippen LogP contribution in [0.2, 0.25) is 0 Å². The summed E-state index contributed by atoms with van der Waals surface area (Å²) in [5.74, 6) is 0.296. The number of aromatic nitrogens is 2. The Labute approximate surface area is 120 Å². The monoisotopic (exact) mass is 286 g/mol. The molecule has 0 bridgehead atoms. The highest BCUT2D eigenvalue weighted by molar-refractivity contribution is 5.65. The zero-order valence-corrected chi connectivity index (χ0v) is 11.2. The Morgan fingerprint density at radius 1 is 1.05 bits per heavy atom. The average molecular weight is 286 g/mol.